The number of likely N-dealkylation sites (N-methyl/N-ethyl adjacent to an activating group) is 1. The number of hydrogen-bond acceptors (Lipinski definition) is 4. The summed E-state index contributed by atoms with van der Waals surface area (Å²) in [4.78, 5) is 4.51. The van der Waals surface area contributed by atoms with Crippen molar-refractivity contribution in [1.29, 1.82) is 0 Å². The third-order valence-corrected chi connectivity index (χ3v) is 3.95. The zero-order chi connectivity index (χ0) is 15.3. The topological polar surface area (TPSA) is 38.7 Å². The van der Waals surface area contributed by atoms with E-state index in [9.17, 15) is 5.11 Å². The molecule has 21 heavy (non-hydrogen) atoms. The van der Waals surface area contributed by atoms with E-state index in [2.05, 4.69) is 40.5 Å². The summed E-state index contributed by atoms with van der Waals surface area (Å²) < 4.78 is 0. The number of rotatable bonds is 7. The summed E-state index contributed by atoms with van der Waals surface area (Å²) in [7, 11) is 3.98. The number of aliphatic hydroxyl groups is 1. The molecule has 1 saturated heterocycles. The molecule has 2 unspecified atom stereocenters. The molecule has 1 fully saturated rings. The largest absolute Gasteiger partial charge is 0.388 e. The van der Waals surface area contributed by atoms with Crippen LogP contribution in [0.2, 0.25) is 0 Å². The Balaban J connectivity index is 1.73. The van der Waals surface area contributed by atoms with Crippen LogP contribution in [0.5, 0.6) is 0 Å². The first-order chi connectivity index (χ1) is 9.94. The predicted octanol–water partition coefficient (Wildman–Crippen LogP) is 1.16. The summed E-state index contributed by atoms with van der Waals surface area (Å²) in [6.07, 6.45) is 1.16. The lowest BCUT2D eigenvalue weighted by Crippen LogP contribution is -2.48. The number of likely N-dealkylation sites (tertiary alicyclic amines) is 1. The van der Waals surface area contributed by atoms with E-state index in [1.807, 2.05) is 25.9 Å². The lowest BCUT2D eigenvalue weighted by Gasteiger charge is -2.28. The Bertz CT molecular complexity index is 419. The van der Waals surface area contributed by atoms with Gasteiger partial charge in [-0.2, -0.15) is 0 Å². The average Bonchev–Trinajstić information content (AvgIpc) is 2.84. The summed E-state index contributed by atoms with van der Waals surface area (Å²) in [5.41, 5.74) is 0.703. The van der Waals surface area contributed by atoms with Crippen LogP contribution in [0.1, 0.15) is 18.9 Å². The van der Waals surface area contributed by atoms with Crippen molar-refractivity contribution in [2.75, 3.05) is 40.3 Å². The molecule has 118 valence electrons. The molecule has 0 saturated carbocycles. The van der Waals surface area contributed by atoms with Crippen LogP contribution in [0.4, 0.5) is 0 Å². The summed E-state index contributed by atoms with van der Waals surface area (Å²) in [6, 6.07) is 11.1. The van der Waals surface area contributed by atoms with Crippen LogP contribution in [0.3, 0.4) is 0 Å². The SMILES string of the molecule is CN(C)CC(C)(O)CNC1CCN(Cc2ccccc2)C1. The Labute approximate surface area is 128 Å². The normalized spacial score (nSPS) is 22.6. The average molecular weight is 291 g/mol. The second kappa shape index (κ2) is 7.36. The first-order valence-corrected chi connectivity index (χ1v) is 7.81. The molecule has 2 rings (SSSR count). The van der Waals surface area contributed by atoms with E-state index < -0.39 is 5.60 Å². The molecule has 1 aliphatic rings. The van der Waals surface area contributed by atoms with Crippen molar-refractivity contribution in [3.8, 4) is 0 Å². The fourth-order valence-electron chi connectivity index (χ4n) is 3.09. The minimum absolute atomic E-state index is 0.488. The third-order valence-electron chi connectivity index (χ3n) is 3.95. The first-order valence-electron chi connectivity index (χ1n) is 7.81. The summed E-state index contributed by atoms with van der Waals surface area (Å²) in [6.45, 7) is 6.44. The molecule has 4 heteroatoms. The molecular formula is C17H29N3O. The van der Waals surface area contributed by atoms with Crippen molar-refractivity contribution in [1.82, 2.24) is 15.1 Å². The Morgan fingerprint density at radius 3 is 2.71 bits per heavy atom. The fraction of sp³-hybridized carbons (Fsp3) is 0.647. The quantitative estimate of drug-likeness (QED) is 0.791. The summed E-state index contributed by atoms with van der Waals surface area (Å²) in [5.74, 6) is 0. The molecule has 0 aliphatic carbocycles. The van der Waals surface area contributed by atoms with E-state index in [-0.39, 0.29) is 0 Å². The van der Waals surface area contributed by atoms with Crippen molar-refractivity contribution in [3.63, 3.8) is 0 Å². The molecule has 2 atom stereocenters. The highest BCUT2D eigenvalue weighted by Gasteiger charge is 2.26. The van der Waals surface area contributed by atoms with Crippen LogP contribution >= 0.6 is 0 Å². The van der Waals surface area contributed by atoms with Gasteiger partial charge in [0.1, 0.15) is 0 Å². The van der Waals surface area contributed by atoms with E-state index in [0.29, 0.717) is 19.1 Å². The van der Waals surface area contributed by atoms with Gasteiger partial charge in [-0.25, -0.2) is 0 Å². The number of nitrogens with one attached hydrogen (secondary N) is 1. The molecule has 0 bridgehead atoms. The van der Waals surface area contributed by atoms with Crippen molar-refractivity contribution in [2.24, 2.45) is 0 Å². The van der Waals surface area contributed by atoms with Crippen LogP contribution < -0.4 is 5.32 Å². The molecule has 1 aromatic carbocycles. The highest BCUT2D eigenvalue weighted by Crippen LogP contribution is 2.14. The van der Waals surface area contributed by atoms with Gasteiger partial charge in [-0.3, -0.25) is 4.90 Å². The molecule has 0 amide bonds. The molecule has 1 heterocycles. The van der Waals surface area contributed by atoms with E-state index >= 15 is 0 Å². The Morgan fingerprint density at radius 1 is 1.33 bits per heavy atom. The second-order valence-corrected chi connectivity index (χ2v) is 6.82. The van der Waals surface area contributed by atoms with Gasteiger partial charge in [-0.15, -0.1) is 0 Å². The maximum Gasteiger partial charge on any atom is 0.0869 e. The van der Waals surface area contributed by atoms with E-state index in [1.54, 1.807) is 0 Å². The van der Waals surface area contributed by atoms with Gasteiger partial charge in [0.05, 0.1) is 5.60 Å². The smallest absolute Gasteiger partial charge is 0.0869 e. The van der Waals surface area contributed by atoms with E-state index in [4.69, 9.17) is 0 Å². The predicted molar refractivity (Wildman–Crippen MR) is 87.3 cm³/mol. The minimum Gasteiger partial charge on any atom is -0.388 e. The number of hydrogen-bond donors (Lipinski definition) is 2. The van der Waals surface area contributed by atoms with Gasteiger partial charge >= 0.3 is 0 Å². The van der Waals surface area contributed by atoms with Gasteiger partial charge < -0.3 is 15.3 Å². The van der Waals surface area contributed by atoms with Crippen molar-refractivity contribution < 1.29 is 5.11 Å². The van der Waals surface area contributed by atoms with E-state index in [0.717, 1.165) is 26.1 Å². The number of nitrogens with zero attached hydrogens (tertiary/aromatic N) is 2. The van der Waals surface area contributed by atoms with Crippen LogP contribution in [-0.4, -0.2) is 66.8 Å². The highest BCUT2D eigenvalue weighted by atomic mass is 16.3. The third kappa shape index (κ3) is 5.75. The first kappa shape index (κ1) is 16.4. The molecule has 1 aliphatic heterocycles. The summed E-state index contributed by atoms with van der Waals surface area (Å²) in [5, 5.41) is 13.9. The molecule has 1 aromatic rings. The van der Waals surface area contributed by atoms with E-state index in [1.165, 1.54) is 5.56 Å². The van der Waals surface area contributed by atoms with Crippen LogP contribution in [-0.2, 0) is 6.54 Å². The van der Waals surface area contributed by atoms with Gasteiger partial charge in [0, 0.05) is 38.8 Å². The van der Waals surface area contributed by atoms with Crippen LogP contribution in [0.25, 0.3) is 0 Å². The van der Waals surface area contributed by atoms with Gasteiger partial charge in [-0.05, 0) is 33.0 Å². The summed E-state index contributed by atoms with van der Waals surface area (Å²) >= 11 is 0. The highest BCUT2D eigenvalue weighted by molar-refractivity contribution is 5.14. The Kier molecular flexibility index (Phi) is 5.76. The maximum atomic E-state index is 10.3. The molecule has 0 aromatic heterocycles. The van der Waals surface area contributed by atoms with Crippen molar-refractivity contribution in [3.05, 3.63) is 35.9 Å². The van der Waals surface area contributed by atoms with Crippen LogP contribution in [0, 0.1) is 0 Å². The van der Waals surface area contributed by atoms with Crippen molar-refractivity contribution >= 4 is 0 Å². The van der Waals surface area contributed by atoms with Crippen molar-refractivity contribution in [2.45, 2.75) is 31.5 Å². The monoisotopic (exact) mass is 291 g/mol. The molecule has 2 N–H and O–H groups in total. The van der Waals surface area contributed by atoms with Crippen LogP contribution in [0.15, 0.2) is 30.3 Å². The molecule has 4 nitrogen and oxygen atoms in total. The lowest BCUT2D eigenvalue weighted by molar-refractivity contribution is 0.0315. The number of benzene rings is 1. The lowest BCUT2D eigenvalue weighted by atomic mass is 10.1. The second-order valence-electron chi connectivity index (χ2n) is 6.82. The minimum atomic E-state index is -0.670. The van der Waals surface area contributed by atoms with Gasteiger partial charge in [0.15, 0.2) is 0 Å². The molecule has 0 spiro atoms. The Morgan fingerprint density at radius 2 is 2.05 bits per heavy atom. The standard InChI is InChI=1S/C17H29N3O/c1-17(21,14-19(2)3)13-18-16-9-10-20(12-16)11-15-7-5-4-6-8-15/h4-8,16,18,21H,9-14H2,1-3H3. The maximum absolute atomic E-state index is 10.3. The molecular weight excluding hydrogens is 262 g/mol. The zero-order valence-electron chi connectivity index (χ0n) is 13.5. The van der Waals surface area contributed by atoms with Gasteiger partial charge in [0.2, 0.25) is 0 Å². The fourth-order valence-corrected chi connectivity index (χ4v) is 3.09. The Hall–Kier alpha value is -0.940. The van der Waals surface area contributed by atoms with Gasteiger partial charge in [-0.1, -0.05) is 30.3 Å². The molecule has 0 radical (unpaired) electrons. The van der Waals surface area contributed by atoms with Gasteiger partial charge in [0.25, 0.3) is 0 Å². The zero-order valence-corrected chi connectivity index (χ0v) is 13.5.